The molecule has 6 aromatic carbocycles. The molecule has 0 N–H and O–H groups in total. The highest BCUT2D eigenvalue weighted by atomic mass is 19.1. The molecule has 0 unspecified atom stereocenters. The van der Waals surface area contributed by atoms with Gasteiger partial charge < -0.3 is 4.42 Å². The molecule has 0 saturated carbocycles. The van der Waals surface area contributed by atoms with E-state index in [0.29, 0.717) is 16.7 Å². The van der Waals surface area contributed by atoms with Crippen molar-refractivity contribution < 1.29 is 8.81 Å². The fourth-order valence-corrected chi connectivity index (χ4v) is 10.7. The Morgan fingerprint density at radius 1 is 0.429 bits per heavy atom. The molecule has 0 atom stereocenters. The Morgan fingerprint density at radius 3 is 1.37 bits per heavy atom. The summed E-state index contributed by atoms with van der Waals surface area (Å²) in [4.78, 5) is 15.1. The number of para-hydroxylation sites is 1. The lowest BCUT2D eigenvalue weighted by Crippen LogP contribution is -2.28. The fraction of sp³-hybridized carbons (Fsp3) is 0.215. The molecular weight excluding hydrogens is 858 g/mol. The summed E-state index contributed by atoms with van der Waals surface area (Å²) in [5.41, 5.74) is 15.5. The summed E-state index contributed by atoms with van der Waals surface area (Å²) >= 11 is 0. The molecule has 0 spiro atoms. The van der Waals surface area contributed by atoms with Crippen molar-refractivity contribution in [3.8, 4) is 44.9 Å². The number of aromatic nitrogens is 3. The summed E-state index contributed by atoms with van der Waals surface area (Å²) in [5, 5.41) is 1.82. The monoisotopic (exact) mass is 917 g/mol. The van der Waals surface area contributed by atoms with Crippen LogP contribution < -0.4 is 0 Å². The van der Waals surface area contributed by atoms with E-state index in [4.69, 9.17) is 19.4 Å². The highest BCUT2D eigenvalue weighted by molar-refractivity contribution is 6.12. The molecule has 0 bridgehead atoms. The van der Waals surface area contributed by atoms with E-state index in [9.17, 15) is 0 Å². The molecule has 0 amide bonds. The van der Waals surface area contributed by atoms with E-state index in [1.807, 2.05) is 60.7 Å². The van der Waals surface area contributed by atoms with Gasteiger partial charge in [0.1, 0.15) is 17.0 Å². The number of furan rings is 1. The van der Waals surface area contributed by atoms with Crippen LogP contribution in [-0.2, 0) is 35.5 Å². The molecule has 4 nitrogen and oxygen atoms in total. The molecule has 4 aromatic heterocycles. The number of benzene rings is 6. The minimum atomic E-state index is -0.306. The van der Waals surface area contributed by atoms with E-state index < -0.39 is 0 Å². The second-order valence-corrected chi connectivity index (χ2v) is 20.4. The van der Waals surface area contributed by atoms with Crippen molar-refractivity contribution in [2.45, 2.75) is 89.9 Å². The van der Waals surface area contributed by atoms with Crippen molar-refractivity contribution in [3.05, 3.63) is 234 Å². The van der Waals surface area contributed by atoms with Gasteiger partial charge in [-0.3, -0.25) is 15.0 Å². The van der Waals surface area contributed by atoms with Gasteiger partial charge >= 0.3 is 0 Å². The molecule has 0 fully saturated rings. The topological polar surface area (TPSA) is 51.8 Å². The summed E-state index contributed by atoms with van der Waals surface area (Å²) in [6.45, 7) is 14.0. The zero-order valence-corrected chi connectivity index (χ0v) is 41.1. The standard InChI is InChI=1S/C65H60FN3O/c1-7-65(8-2,52-29-34-59(69-43-52)55-26-18-25-53-54-30-31-56(66)60(62(54)70-61(53)55)49-23-16-11-17-24-49)40-46-36-44(38-63(3,4)50-27-32-57(67-41-50)47-19-12-9-13-20-47)35-45(37-46)39-64(5,6)51-28-33-58(68-42-51)48-21-14-10-15-22-48/h9-37,41-43H,7-8,38-40H2,1-6H3. The van der Waals surface area contributed by atoms with Crippen molar-refractivity contribution in [1.82, 2.24) is 15.0 Å². The van der Waals surface area contributed by atoms with Crippen LogP contribution in [0.15, 0.2) is 199 Å². The lowest BCUT2D eigenvalue weighted by atomic mass is 9.71. The molecule has 0 radical (unpaired) electrons. The molecule has 0 aliphatic heterocycles. The molecule has 348 valence electrons. The third-order valence-corrected chi connectivity index (χ3v) is 14.9. The summed E-state index contributed by atoms with van der Waals surface area (Å²) in [6, 6.07) is 60.5. The number of hydrogen-bond donors (Lipinski definition) is 0. The van der Waals surface area contributed by atoms with Gasteiger partial charge in [-0.2, -0.15) is 0 Å². The average Bonchev–Trinajstić information content (AvgIpc) is 3.77. The van der Waals surface area contributed by atoms with Crippen LogP contribution in [-0.4, -0.2) is 15.0 Å². The molecule has 10 rings (SSSR count). The highest BCUT2D eigenvalue weighted by Crippen LogP contribution is 2.42. The first-order chi connectivity index (χ1) is 33.9. The molecule has 4 heterocycles. The van der Waals surface area contributed by atoms with Crippen molar-refractivity contribution in [1.29, 1.82) is 0 Å². The van der Waals surface area contributed by atoms with E-state index in [1.54, 1.807) is 6.07 Å². The van der Waals surface area contributed by atoms with Crippen molar-refractivity contribution >= 4 is 21.9 Å². The van der Waals surface area contributed by atoms with Crippen LogP contribution in [0.25, 0.3) is 66.8 Å². The summed E-state index contributed by atoms with van der Waals surface area (Å²) in [5.74, 6) is -0.306. The van der Waals surface area contributed by atoms with Gasteiger partial charge in [0.25, 0.3) is 0 Å². The summed E-state index contributed by atoms with van der Waals surface area (Å²) in [6.07, 6.45) is 10.7. The van der Waals surface area contributed by atoms with Crippen molar-refractivity contribution in [3.63, 3.8) is 0 Å². The first-order valence-electron chi connectivity index (χ1n) is 24.8. The average molecular weight is 918 g/mol. The first kappa shape index (κ1) is 46.2. The van der Waals surface area contributed by atoms with Crippen LogP contribution in [0.1, 0.15) is 87.8 Å². The zero-order valence-electron chi connectivity index (χ0n) is 41.1. The van der Waals surface area contributed by atoms with E-state index in [1.165, 1.54) is 33.4 Å². The number of rotatable bonds is 15. The maximum absolute atomic E-state index is 15.5. The largest absolute Gasteiger partial charge is 0.455 e. The quantitative estimate of drug-likeness (QED) is 0.103. The second kappa shape index (κ2) is 19.1. The summed E-state index contributed by atoms with van der Waals surface area (Å²) in [7, 11) is 0. The van der Waals surface area contributed by atoms with Crippen molar-refractivity contribution in [2.24, 2.45) is 0 Å². The van der Waals surface area contributed by atoms with Gasteiger partial charge in [0, 0.05) is 51.5 Å². The third kappa shape index (κ3) is 9.21. The summed E-state index contributed by atoms with van der Waals surface area (Å²) < 4.78 is 22.1. The van der Waals surface area contributed by atoms with Gasteiger partial charge in [-0.15, -0.1) is 0 Å². The number of pyridine rings is 3. The Labute approximate surface area is 412 Å². The Bertz CT molecular complexity index is 3280. The van der Waals surface area contributed by atoms with Gasteiger partial charge in [0.05, 0.1) is 22.6 Å². The van der Waals surface area contributed by atoms with Gasteiger partial charge in [-0.05, 0) is 118 Å². The number of halogens is 1. The second-order valence-electron chi connectivity index (χ2n) is 20.4. The normalized spacial score (nSPS) is 12.2. The lowest BCUT2D eigenvalue weighted by molar-refractivity contribution is 0.391. The number of hydrogen-bond acceptors (Lipinski definition) is 4. The van der Waals surface area contributed by atoms with Gasteiger partial charge in [0.15, 0.2) is 0 Å². The van der Waals surface area contributed by atoms with Gasteiger partial charge in [-0.25, -0.2) is 4.39 Å². The van der Waals surface area contributed by atoms with Crippen molar-refractivity contribution in [2.75, 3.05) is 0 Å². The van der Waals surface area contributed by atoms with E-state index in [-0.39, 0.29) is 22.1 Å². The minimum Gasteiger partial charge on any atom is -0.455 e. The maximum atomic E-state index is 15.5. The van der Waals surface area contributed by atoms with E-state index in [2.05, 4.69) is 169 Å². The van der Waals surface area contributed by atoms with Crippen LogP contribution in [0.4, 0.5) is 4.39 Å². The molecule has 0 aliphatic carbocycles. The highest BCUT2D eigenvalue weighted by Gasteiger charge is 2.32. The van der Waals surface area contributed by atoms with Crippen LogP contribution >= 0.6 is 0 Å². The minimum absolute atomic E-state index is 0.158. The van der Waals surface area contributed by atoms with E-state index in [0.717, 1.165) is 82.2 Å². The van der Waals surface area contributed by atoms with Crippen LogP contribution in [0, 0.1) is 5.82 Å². The predicted molar refractivity (Wildman–Crippen MR) is 288 cm³/mol. The molecular formula is C65H60FN3O. The molecule has 5 heteroatoms. The fourth-order valence-electron chi connectivity index (χ4n) is 10.7. The SMILES string of the molecule is CCC(CC)(Cc1cc(CC(C)(C)c2ccc(-c3ccccc3)nc2)cc(CC(C)(C)c2ccc(-c3ccccc3)nc2)c1)c1ccc(-c2cccc3c2oc2c(-c4ccccc4)c(F)ccc23)nc1. The van der Waals surface area contributed by atoms with Gasteiger partial charge in [0.2, 0.25) is 0 Å². The molecule has 10 aromatic rings. The Morgan fingerprint density at radius 2 is 0.886 bits per heavy atom. The molecule has 70 heavy (non-hydrogen) atoms. The Kier molecular flexibility index (Phi) is 12.6. The zero-order chi connectivity index (χ0) is 48.5. The Balaban J connectivity index is 0.981. The Hall–Kier alpha value is -7.50. The molecule has 0 saturated heterocycles. The van der Waals surface area contributed by atoms with Crippen LogP contribution in [0.3, 0.4) is 0 Å². The first-order valence-corrected chi connectivity index (χ1v) is 24.8. The smallest absolute Gasteiger partial charge is 0.146 e. The third-order valence-electron chi connectivity index (χ3n) is 14.9. The van der Waals surface area contributed by atoms with Crippen LogP contribution in [0.2, 0.25) is 0 Å². The lowest BCUT2D eigenvalue weighted by Gasteiger charge is -2.33. The van der Waals surface area contributed by atoms with E-state index >= 15 is 4.39 Å². The maximum Gasteiger partial charge on any atom is 0.146 e. The number of fused-ring (bicyclic) bond motifs is 3. The predicted octanol–water partition coefficient (Wildman–Crippen LogP) is 16.9. The van der Waals surface area contributed by atoms with Gasteiger partial charge in [-0.1, -0.05) is 181 Å². The van der Waals surface area contributed by atoms with Crippen LogP contribution in [0.5, 0.6) is 0 Å². The molecule has 0 aliphatic rings. The number of nitrogens with zero attached hydrogens (tertiary/aromatic N) is 3.